The Bertz CT molecular complexity index is 488. The Labute approximate surface area is 109 Å². The minimum Gasteiger partial charge on any atom is -0.383 e. The van der Waals surface area contributed by atoms with Crippen LogP contribution in [0.2, 0.25) is 0 Å². The molecular formula is C15H21N3. The molecule has 0 aliphatic rings. The van der Waals surface area contributed by atoms with Crippen LogP contribution in [0.25, 0.3) is 0 Å². The van der Waals surface area contributed by atoms with Crippen LogP contribution < -0.4 is 5.32 Å². The van der Waals surface area contributed by atoms with Gasteiger partial charge >= 0.3 is 0 Å². The van der Waals surface area contributed by atoms with Gasteiger partial charge in [-0.2, -0.15) is 0 Å². The van der Waals surface area contributed by atoms with Crippen molar-refractivity contribution >= 4 is 5.69 Å². The Morgan fingerprint density at radius 1 is 1.28 bits per heavy atom. The number of nitrogens with zero attached hydrogens (tertiary/aromatic N) is 2. The van der Waals surface area contributed by atoms with Gasteiger partial charge in [0.15, 0.2) is 0 Å². The topological polar surface area (TPSA) is 29.9 Å². The molecule has 0 radical (unpaired) electrons. The molecule has 1 heterocycles. The second-order valence-electron chi connectivity index (χ2n) is 4.50. The lowest BCUT2D eigenvalue weighted by Gasteiger charge is -2.12. The quantitative estimate of drug-likeness (QED) is 0.844. The fourth-order valence-corrected chi connectivity index (χ4v) is 2.13. The first-order valence-corrected chi connectivity index (χ1v) is 6.60. The highest BCUT2D eigenvalue weighted by Crippen LogP contribution is 2.16. The Morgan fingerprint density at radius 3 is 2.83 bits per heavy atom. The van der Waals surface area contributed by atoms with Gasteiger partial charge in [-0.1, -0.05) is 31.5 Å². The van der Waals surface area contributed by atoms with Crippen LogP contribution in [0, 0.1) is 6.92 Å². The van der Waals surface area contributed by atoms with Gasteiger partial charge in [0.05, 0.1) is 0 Å². The van der Waals surface area contributed by atoms with Gasteiger partial charge < -0.3 is 9.88 Å². The molecule has 2 aromatic rings. The number of imidazole rings is 1. The molecule has 0 aliphatic heterocycles. The van der Waals surface area contributed by atoms with Crippen LogP contribution in [-0.2, 0) is 13.0 Å². The standard InChI is InChI=1S/C15H21N3/c1-3-6-14-7-4-5-8-15(14)17-10-12-18-11-9-16-13(18)2/h4-5,7-9,11,17H,3,6,10,12H2,1-2H3. The zero-order valence-electron chi connectivity index (χ0n) is 11.2. The highest BCUT2D eigenvalue weighted by atomic mass is 15.1. The van der Waals surface area contributed by atoms with Gasteiger partial charge in [-0.25, -0.2) is 4.98 Å². The van der Waals surface area contributed by atoms with Gasteiger partial charge in [-0.3, -0.25) is 0 Å². The number of rotatable bonds is 6. The summed E-state index contributed by atoms with van der Waals surface area (Å²) in [6.07, 6.45) is 6.18. The molecule has 3 nitrogen and oxygen atoms in total. The summed E-state index contributed by atoms with van der Waals surface area (Å²) < 4.78 is 2.16. The summed E-state index contributed by atoms with van der Waals surface area (Å²) in [6, 6.07) is 8.56. The van der Waals surface area contributed by atoms with Crippen molar-refractivity contribution < 1.29 is 0 Å². The van der Waals surface area contributed by atoms with Gasteiger partial charge in [0.2, 0.25) is 0 Å². The third kappa shape index (κ3) is 3.13. The summed E-state index contributed by atoms with van der Waals surface area (Å²) in [5.74, 6) is 1.07. The molecule has 1 N–H and O–H groups in total. The predicted octanol–water partition coefficient (Wildman–Crippen LogP) is 3.26. The molecule has 3 heteroatoms. The highest BCUT2D eigenvalue weighted by Gasteiger charge is 2.00. The van der Waals surface area contributed by atoms with E-state index >= 15 is 0 Å². The molecule has 0 saturated heterocycles. The normalized spacial score (nSPS) is 10.6. The maximum Gasteiger partial charge on any atom is 0.105 e. The first-order valence-electron chi connectivity index (χ1n) is 6.60. The minimum absolute atomic E-state index is 0.928. The van der Waals surface area contributed by atoms with Crippen molar-refractivity contribution in [1.82, 2.24) is 9.55 Å². The number of aromatic nitrogens is 2. The third-order valence-corrected chi connectivity index (χ3v) is 3.13. The van der Waals surface area contributed by atoms with Crippen molar-refractivity contribution in [1.29, 1.82) is 0 Å². The number of benzene rings is 1. The summed E-state index contributed by atoms with van der Waals surface area (Å²) >= 11 is 0. The van der Waals surface area contributed by atoms with Gasteiger partial charge in [0.1, 0.15) is 5.82 Å². The van der Waals surface area contributed by atoms with Gasteiger partial charge in [0, 0.05) is 31.2 Å². The average molecular weight is 243 g/mol. The van der Waals surface area contributed by atoms with Crippen LogP contribution in [0.3, 0.4) is 0 Å². The van der Waals surface area contributed by atoms with E-state index in [2.05, 4.69) is 46.1 Å². The Hall–Kier alpha value is -1.77. The summed E-state index contributed by atoms with van der Waals surface area (Å²) in [7, 11) is 0. The molecule has 18 heavy (non-hydrogen) atoms. The first-order chi connectivity index (χ1) is 8.81. The predicted molar refractivity (Wildman–Crippen MR) is 75.9 cm³/mol. The number of anilines is 1. The molecule has 1 aromatic heterocycles. The second-order valence-corrected chi connectivity index (χ2v) is 4.50. The maximum absolute atomic E-state index is 4.22. The van der Waals surface area contributed by atoms with E-state index in [-0.39, 0.29) is 0 Å². The molecule has 0 spiro atoms. The number of hydrogen-bond donors (Lipinski definition) is 1. The van der Waals surface area contributed by atoms with Crippen LogP contribution in [0.5, 0.6) is 0 Å². The van der Waals surface area contributed by atoms with Crippen LogP contribution in [0.15, 0.2) is 36.7 Å². The van der Waals surface area contributed by atoms with Crippen LogP contribution >= 0.6 is 0 Å². The average Bonchev–Trinajstić information content (AvgIpc) is 2.78. The second kappa shape index (κ2) is 6.24. The van der Waals surface area contributed by atoms with E-state index in [1.807, 2.05) is 19.3 Å². The lowest BCUT2D eigenvalue weighted by Crippen LogP contribution is -2.12. The number of aryl methyl sites for hydroxylation is 2. The number of nitrogens with one attached hydrogen (secondary N) is 1. The van der Waals surface area contributed by atoms with Crippen molar-refractivity contribution in [3.63, 3.8) is 0 Å². The molecule has 2 rings (SSSR count). The molecule has 0 aliphatic carbocycles. The Kier molecular flexibility index (Phi) is 4.40. The van der Waals surface area contributed by atoms with E-state index in [1.165, 1.54) is 17.7 Å². The molecule has 0 unspecified atom stereocenters. The minimum atomic E-state index is 0.928. The molecule has 0 atom stereocenters. The van der Waals surface area contributed by atoms with Gasteiger partial charge in [-0.15, -0.1) is 0 Å². The van der Waals surface area contributed by atoms with Crippen molar-refractivity contribution in [3.8, 4) is 0 Å². The number of para-hydroxylation sites is 1. The SMILES string of the molecule is CCCc1ccccc1NCCn1ccnc1C. The van der Waals surface area contributed by atoms with E-state index in [9.17, 15) is 0 Å². The fourth-order valence-electron chi connectivity index (χ4n) is 2.13. The summed E-state index contributed by atoms with van der Waals surface area (Å²) in [5.41, 5.74) is 2.67. The van der Waals surface area contributed by atoms with Crippen molar-refractivity contribution in [2.24, 2.45) is 0 Å². The lowest BCUT2D eigenvalue weighted by atomic mass is 10.1. The molecule has 1 aromatic carbocycles. The molecule has 0 bridgehead atoms. The maximum atomic E-state index is 4.22. The zero-order valence-corrected chi connectivity index (χ0v) is 11.2. The molecular weight excluding hydrogens is 222 g/mol. The summed E-state index contributed by atoms with van der Waals surface area (Å²) in [5, 5.41) is 3.51. The Morgan fingerprint density at radius 2 is 2.11 bits per heavy atom. The van der Waals surface area contributed by atoms with Gasteiger partial charge in [0.25, 0.3) is 0 Å². The third-order valence-electron chi connectivity index (χ3n) is 3.13. The number of hydrogen-bond acceptors (Lipinski definition) is 2. The van der Waals surface area contributed by atoms with Crippen molar-refractivity contribution in [3.05, 3.63) is 48.0 Å². The van der Waals surface area contributed by atoms with E-state index in [4.69, 9.17) is 0 Å². The van der Waals surface area contributed by atoms with Crippen molar-refractivity contribution in [2.45, 2.75) is 33.2 Å². The lowest BCUT2D eigenvalue weighted by molar-refractivity contribution is 0.700. The summed E-state index contributed by atoms with van der Waals surface area (Å²) in [4.78, 5) is 4.22. The summed E-state index contributed by atoms with van der Waals surface area (Å²) in [6.45, 7) is 6.13. The monoisotopic (exact) mass is 243 g/mol. The highest BCUT2D eigenvalue weighted by molar-refractivity contribution is 5.51. The van der Waals surface area contributed by atoms with E-state index in [1.54, 1.807) is 0 Å². The van der Waals surface area contributed by atoms with Crippen molar-refractivity contribution in [2.75, 3.05) is 11.9 Å². The fraction of sp³-hybridized carbons (Fsp3) is 0.400. The van der Waals surface area contributed by atoms with Crippen LogP contribution in [0.1, 0.15) is 24.7 Å². The van der Waals surface area contributed by atoms with Gasteiger partial charge in [-0.05, 0) is 25.0 Å². The van der Waals surface area contributed by atoms with Crippen LogP contribution in [-0.4, -0.2) is 16.1 Å². The largest absolute Gasteiger partial charge is 0.383 e. The molecule has 0 fully saturated rings. The first kappa shape index (κ1) is 12.7. The molecule has 96 valence electrons. The van der Waals surface area contributed by atoms with Crippen LogP contribution in [0.4, 0.5) is 5.69 Å². The van der Waals surface area contributed by atoms with E-state index in [0.29, 0.717) is 0 Å². The van der Waals surface area contributed by atoms with E-state index in [0.717, 1.165) is 25.3 Å². The smallest absolute Gasteiger partial charge is 0.105 e. The Balaban J connectivity index is 1.92. The zero-order chi connectivity index (χ0) is 12.8. The molecule has 0 saturated carbocycles. The molecule has 0 amide bonds. The van der Waals surface area contributed by atoms with E-state index < -0.39 is 0 Å².